The second-order valence-corrected chi connectivity index (χ2v) is 4.80. The summed E-state index contributed by atoms with van der Waals surface area (Å²) in [7, 11) is 0. The molecule has 0 amide bonds. The molecule has 0 fully saturated rings. The van der Waals surface area contributed by atoms with Gasteiger partial charge in [-0.1, -0.05) is 37.3 Å². The van der Waals surface area contributed by atoms with Crippen molar-refractivity contribution in [2.24, 2.45) is 0 Å². The molecule has 2 aromatic carbocycles. The Kier molecular flexibility index (Phi) is 3.44. The lowest BCUT2D eigenvalue weighted by Crippen LogP contribution is -2.00. The molecule has 1 aromatic heterocycles. The molecule has 0 aliphatic carbocycles. The Morgan fingerprint density at radius 3 is 2.25 bits per heavy atom. The first-order valence-corrected chi connectivity index (χ1v) is 6.75. The third-order valence-electron chi connectivity index (χ3n) is 3.51. The minimum atomic E-state index is -0.632. The van der Waals surface area contributed by atoms with Gasteiger partial charge in [-0.05, 0) is 35.2 Å². The number of aromatic nitrogens is 2. The van der Waals surface area contributed by atoms with Crippen molar-refractivity contribution >= 4 is 11.0 Å². The van der Waals surface area contributed by atoms with E-state index < -0.39 is 6.10 Å². The second kappa shape index (κ2) is 5.39. The zero-order chi connectivity index (χ0) is 13.9. The molecule has 0 bridgehead atoms. The van der Waals surface area contributed by atoms with E-state index in [-0.39, 0.29) is 0 Å². The average Bonchev–Trinajstić information content (AvgIpc) is 2.54. The van der Waals surface area contributed by atoms with Crippen molar-refractivity contribution in [2.75, 3.05) is 0 Å². The molecule has 1 unspecified atom stereocenters. The van der Waals surface area contributed by atoms with E-state index in [1.165, 1.54) is 5.56 Å². The van der Waals surface area contributed by atoms with Crippen LogP contribution in [-0.2, 0) is 6.42 Å². The molecule has 0 saturated carbocycles. The van der Waals surface area contributed by atoms with Crippen LogP contribution < -0.4 is 0 Å². The molecule has 3 rings (SSSR count). The second-order valence-electron chi connectivity index (χ2n) is 4.80. The van der Waals surface area contributed by atoms with Crippen LogP contribution in [0.2, 0.25) is 0 Å². The SMILES string of the molecule is CCc1ccc(C(O)c2ccc3nccnc3c2)cc1. The molecule has 0 spiro atoms. The molecule has 3 heteroatoms. The summed E-state index contributed by atoms with van der Waals surface area (Å²) in [6.45, 7) is 2.12. The Balaban J connectivity index is 1.96. The number of aliphatic hydroxyl groups is 1. The molecule has 3 aromatic rings. The summed E-state index contributed by atoms with van der Waals surface area (Å²) >= 11 is 0. The molecule has 0 aliphatic rings. The highest BCUT2D eigenvalue weighted by Gasteiger charge is 2.11. The fraction of sp³-hybridized carbons (Fsp3) is 0.176. The van der Waals surface area contributed by atoms with Crippen LogP contribution in [0.4, 0.5) is 0 Å². The van der Waals surface area contributed by atoms with Crippen LogP contribution in [0.3, 0.4) is 0 Å². The summed E-state index contributed by atoms with van der Waals surface area (Å²) < 4.78 is 0. The number of aryl methyl sites for hydroxylation is 1. The average molecular weight is 264 g/mol. The summed E-state index contributed by atoms with van der Waals surface area (Å²) in [5, 5.41) is 10.5. The van der Waals surface area contributed by atoms with Crippen molar-refractivity contribution in [3.8, 4) is 0 Å². The minimum Gasteiger partial charge on any atom is -0.384 e. The molecular formula is C17H16N2O. The van der Waals surface area contributed by atoms with Gasteiger partial charge in [-0.15, -0.1) is 0 Å². The van der Waals surface area contributed by atoms with Crippen LogP contribution in [0.1, 0.15) is 29.7 Å². The largest absolute Gasteiger partial charge is 0.384 e. The van der Waals surface area contributed by atoms with Crippen molar-refractivity contribution in [1.82, 2.24) is 9.97 Å². The summed E-state index contributed by atoms with van der Waals surface area (Å²) in [4.78, 5) is 8.50. The van der Waals surface area contributed by atoms with Crippen LogP contribution in [0.5, 0.6) is 0 Å². The standard InChI is InChI=1S/C17H16N2O/c1-2-12-3-5-13(6-4-12)17(20)14-7-8-15-16(11-14)19-10-9-18-15/h3-11,17,20H,2H2,1H3. The number of hydrogen-bond donors (Lipinski definition) is 1. The zero-order valence-electron chi connectivity index (χ0n) is 11.3. The Labute approximate surface area is 117 Å². The van der Waals surface area contributed by atoms with Crippen LogP contribution in [0.25, 0.3) is 11.0 Å². The Bertz CT molecular complexity index is 722. The van der Waals surface area contributed by atoms with Gasteiger partial charge in [-0.3, -0.25) is 9.97 Å². The van der Waals surface area contributed by atoms with Crippen LogP contribution in [-0.4, -0.2) is 15.1 Å². The lowest BCUT2D eigenvalue weighted by Gasteiger charge is -2.12. The fourth-order valence-corrected chi connectivity index (χ4v) is 2.28. The molecule has 1 N–H and O–H groups in total. The van der Waals surface area contributed by atoms with E-state index in [1.54, 1.807) is 12.4 Å². The maximum atomic E-state index is 10.5. The third kappa shape index (κ3) is 2.40. The first-order chi connectivity index (χ1) is 9.78. The summed E-state index contributed by atoms with van der Waals surface area (Å²) in [6.07, 6.45) is 3.70. The molecule has 3 nitrogen and oxygen atoms in total. The highest BCUT2D eigenvalue weighted by molar-refractivity contribution is 5.74. The molecule has 0 aliphatic heterocycles. The van der Waals surface area contributed by atoms with Gasteiger partial charge in [0.2, 0.25) is 0 Å². The van der Waals surface area contributed by atoms with E-state index in [0.29, 0.717) is 0 Å². The third-order valence-corrected chi connectivity index (χ3v) is 3.51. The maximum absolute atomic E-state index is 10.5. The van der Waals surface area contributed by atoms with Crippen molar-refractivity contribution < 1.29 is 5.11 Å². The highest BCUT2D eigenvalue weighted by Crippen LogP contribution is 2.24. The van der Waals surface area contributed by atoms with Gasteiger partial charge in [-0.2, -0.15) is 0 Å². The van der Waals surface area contributed by atoms with E-state index in [9.17, 15) is 5.11 Å². The topological polar surface area (TPSA) is 46.0 Å². The van der Waals surface area contributed by atoms with E-state index in [0.717, 1.165) is 28.6 Å². The van der Waals surface area contributed by atoms with Crippen LogP contribution >= 0.6 is 0 Å². The van der Waals surface area contributed by atoms with Crippen molar-refractivity contribution in [3.63, 3.8) is 0 Å². The number of hydrogen-bond acceptors (Lipinski definition) is 3. The maximum Gasteiger partial charge on any atom is 0.104 e. The lowest BCUT2D eigenvalue weighted by molar-refractivity contribution is 0.220. The van der Waals surface area contributed by atoms with Gasteiger partial charge in [0.15, 0.2) is 0 Å². The number of fused-ring (bicyclic) bond motifs is 1. The first-order valence-electron chi connectivity index (χ1n) is 6.75. The molecule has 20 heavy (non-hydrogen) atoms. The van der Waals surface area contributed by atoms with Gasteiger partial charge in [0.05, 0.1) is 11.0 Å². The fourth-order valence-electron chi connectivity index (χ4n) is 2.28. The molecule has 0 saturated heterocycles. The normalized spacial score (nSPS) is 12.5. The van der Waals surface area contributed by atoms with Gasteiger partial charge < -0.3 is 5.11 Å². The summed E-state index contributed by atoms with van der Waals surface area (Å²) in [6, 6.07) is 13.7. The van der Waals surface area contributed by atoms with Crippen molar-refractivity contribution in [3.05, 3.63) is 71.5 Å². The zero-order valence-corrected chi connectivity index (χ0v) is 11.3. The van der Waals surface area contributed by atoms with Crippen LogP contribution in [0.15, 0.2) is 54.9 Å². The predicted molar refractivity (Wildman–Crippen MR) is 79.4 cm³/mol. The first kappa shape index (κ1) is 12.8. The van der Waals surface area contributed by atoms with Gasteiger partial charge in [0, 0.05) is 12.4 Å². The summed E-state index contributed by atoms with van der Waals surface area (Å²) in [5.41, 5.74) is 4.64. The quantitative estimate of drug-likeness (QED) is 0.789. The Hall–Kier alpha value is -2.26. The van der Waals surface area contributed by atoms with E-state index in [1.807, 2.05) is 30.3 Å². The molecule has 1 atom stereocenters. The van der Waals surface area contributed by atoms with Crippen molar-refractivity contribution in [1.29, 1.82) is 0 Å². The van der Waals surface area contributed by atoms with Gasteiger partial charge >= 0.3 is 0 Å². The van der Waals surface area contributed by atoms with Gasteiger partial charge in [0.25, 0.3) is 0 Å². The molecule has 0 radical (unpaired) electrons. The molecule has 100 valence electrons. The highest BCUT2D eigenvalue weighted by atomic mass is 16.3. The lowest BCUT2D eigenvalue weighted by atomic mass is 9.99. The number of rotatable bonds is 3. The number of benzene rings is 2. The van der Waals surface area contributed by atoms with E-state index in [2.05, 4.69) is 29.0 Å². The predicted octanol–water partition coefficient (Wildman–Crippen LogP) is 3.27. The minimum absolute atomic E-state index is 0.632. The number of aliphatic hydroxyl groups excluding tert-OH is 1. The monoisotopic (exact) mass is 264 g/mol. The summed E-state index contributed by atoms with van der Waals surface area (Å²) in [5.74, 6) is 0. The van der Waals surface area contributed by atoms with E-state index >= 15 is 0 Å². The van der Waals surface area contributed by atoms with Crippen LogP contribution in [0, 0.1) is 0 Å². The molecule has 1 heterocycles. The van der Waals surface area contributed by atoms with Gasteiger partial charge in [-0.25, -0.2) is 0 Å². The molecular weight excluding hydrogens is 248 g/mol. The smallest absolute Gasteiger partial charge is 0.104 e. The Morgan fingerprint density at radius 1 is 0.900 bits per heavy atom. The van der Waals surface area contributed by atoms with Crippen molar-refractivity contribution in [2.45, 2.75) is 19.4 Å². The Morgan fingerprint density at radius 2 is 1.55 bits per heavy atom. The number of nitrogens with zero attached hydrogens (tertiary/aromatic N) is 2. The van der Waals surface area contributed by atoms with Gasteiger partial charge in [0.1, 0.15) is 6.10 Å². The van der Waals surface area contributed by atoms with E-state index in [4.69, 9.17) is 0 Å².